The molecule has 15 heavy (non-hydrogen) atoms. The van der Waals surface area contributed by atoms with Gasteiger partial charge in [-0.1, -0.05) is 44.0 Å². The zero-order chi connectivity index (χ0) is 10.9. The Morgan fingerprint density at radius 1 is 1.33 bits per heavy atom. The van der Waals surface area contributed by atoms with Gasteiger partial charge < -0.3 is 5.32 Å². The van der Waals surface area contributed by atoms with Crippen molar-refractivity contribution in [1.82, 2.24) is 0 Å². The Bertz CT molecular complexity index is 346. The van der Waals surface area contributed by atoms with Gasteiger partial charge in [0.2, 0.25) is 0 Å². The van der Waals surface area contributed by atoms with E-state index in [0.29, 0.717) is 11.5 Å². The molecule has 1 fully saturated rings. The summed E-state index contributed by atoms with van der Waals surface area (Å²) in [5.41, 5.74) is 1.46. The summed E-state index contributed by atoms with van der Waals surface area (Å²) in [5.74, 6) is 0. The fourth-order valence-corrected chi connectivity index (χ4v) is 2.55. The van der Waals surface area contributed by atoms with Crippen LogP contribution in [0.5, 0.6) is 0 Å². The van der Waals surface area contributed by atoms with Gasteiger partial charge in [0.05, 0.1) is 10.7 Å². The van der Waals surface area contributed by atoms with Crippen LogP contribution >= 0.6 is 11.6 Å². The lowest BCUT2D eigenvalue weighted by Gasteiger charge is -2.29. The Labute approximate surface area is 96.8 Å². The maximum absolute atomic E-state index is 6.13. The number of nitrogens with one attached hydrogen (secondary N) is 1. The predicted molar refractivity (Wildman–Crippen MR) is 66.5 cm³/mol. The Morgan fingerprint density at radius 2 is 2.07 bits per heavy atom. The number of halogens is 1. The molecule has 0 aromatic heterocycles. The van der Waals surface area contributed by atoms with E-state index >= 15 is 0 Å². The van der Waals surface area contributed by atoms with Crippen LogP contribution in [-0.2, 0) is 0 Å². The number of para-hydroxylation sites is 1. The van der Waals surface area contributed by atoms with Crippen LogP contribution in [0.25, 0.3) is 0 Å². The number of anilines is 1. The summed E-state index contributed by atoms with van der Waals surface area (Å²) in [5, 5.41) is 4.39. The first-order valence-corrected chi connectivity index (χ1v) is 5.98. The van der Waals surface area contributed by atoms with Gasteiger partial charge in [-0.15, -0.1) is 0 Å². The second kappa shape index (κ2) is 4.05. The first-order chi connectivity index (χ1) is 7.09. The molecule has 82 valence electrons. The van der Waals surface area contributed by atoms with E-state index < -0.39 is 0 Å². The number of hydrogen-bond acceptors (Lipinski definition) is 1. The van der Waals surface area contributed by atoms with Crippen molar-refractivity contribution in [3.05, 3.63) is 29.3 Å². The summed E-state index contributed by atoms with van der Waals surface area (Å²) >= 11 is 6.13. The van der Waals surface area contributed by atoms with Crippen LogP contribution in [0.3, 0.4) is 0 Å². The van der Waals surface area contributed by atoms with Crippen molar-refractivity contribution in [1.29, 1.82) is 0 Å². The highest BCUT2D eigenvalue weighted by Crippen LogP contribution is 2.39. The molecule has 0 saturated heterocycles. The van der Waals surface area contributed by atoms with E-state index in [9.17, 15) is 0 Å². The highest BCUT2D eigenvalue weighted by molar-refractivity contribution is 6.33. The molecule has 1 aliphatic carbocycles. The van der Waals surface area contributed by atoms with Gasteiger partial charge in [0.1, 0.15) is 0 Å². The summed E-state index contributed by atoms with van der Waals surface area (Å²) in [4.78, 5) is 0. The van der Waals surface area contributed by atoms with Crippen LogP contribution in [0.4, 0.5) is 5.69 Å². The largest absolute Gasteiger partial charge is 0.381 e. The maximum atomic E-state index is 6.13. The second-order valence-electron chi connectivity index (χ2n) is 5.06. The van der Waals surface area contributed by atoms with Gasteiger partial charge >= 0.3 is 0 Å². The normalized spacial score (nSPS) is 24.1. The molecule has 1 N–H and O–H groups in total. The van der Waals surface area contributed by atoms with Gasteiger partial charge in [-0.25, -0.2) is 0 Å². The van der Waals surface area contributed by atoms with Crippen molar-refractivity contribution in [3.8, 4) is 0 Å². The molecule has 0 amide bonds. The Kier molecular flexibility index (Phi) is 2.92. The zero-order valence-corrected chi connectivity index (χ0v) is 10.1. The molecule has 0 aliphatic heterocycles. The fourth-order valence-electron chi connectivity index (χ4n) is 2.36. The van der Waals surface area contributed by atoms with E-state index in [1.54, 1.807) is 0 Å². The predicted octanol–water partition coefficient (Wildman–Crippen LogP) is 4.33. The molecule has 1 saturated carbocycles. The molecule has 0 radical (unpaired) electrons. The molecule has 2 heteroatoms. The number of hydrogen-bond donors (Lipinski definition) is 1. The van der Waals surface area contributed by atoms with Crippen molar-refractivity contribution in [2.45, 2.75) is 39.2 Å². The third-order valence-corrected chi connectivity index (χ3v) is 3.79. The quantitative estimate of drug-likeness (QED) is 0.787. The molecule has 1 unspecified atom stereocenters. The Balaban J connectivity index is 2.12. The topological polar surface area (TPSA) is 12.0 Å². The van der Waals surface area contributed by atoms with Crippen LogP contribution in [0, 0.1) is 5.41 Å². The van der Waals surface area contributed by atoms with E-state index in [1.165, 1.54) is 19.3 Å². The standard InChI is InChI=1S/C13H18ClN/c1-13(2)9-5-8-12(13)15-11-7-4-3-6-10(11)14/h3-4,6-7,12,15H,5,8-9H2,1-2H3. The van der Waals surface area contributed by atoms with E-state index in [0.717, 1.165) is 10.7 Å². The van der Waals surface area contributed by atoms with Crippen molar-refractivity contribution in [2.24, 2.45) is 5.41 Å². The molecule has 0 bridgehead atoms. The Hall–Kier alpha value is -0.690. The van der Waals surface area contributed by atoms with Crippen LogP contribution < -0.4 is 5.32 Å². The summed E-state index contributed by atoms with van der Waals surface area (Å²) in [6.45, 7) is 4.66. The lowest BCUT2D eigenvalue weighted by Crippen LogP contribution is -2.30. The summed E-state index contributed by atoms with van der Waals surface area (Å²) in [6.07, 6.45) is 3.86. The lowest BCUT2D eigenvalue weighted by atomic mass is 9.87. The summed E-state index contributed by atoms with van der Waals surface area (Å²) < 4.78 is 0. The molecular weight excluding hydrogens is 206 g/mol. The second-order valence-corrected chi connectivity index (χ2v) is 5.46. The minimum absolute atomic E-state index is 0.388. The van der Waals surface area contributed by atoms with Gasteiger partial charge in [-0.3, -0.25) is 0 Å². The van der Waals surface area contributed by atoms with Gasteiger partial charge in [-0.2, -0.15) is 0 Å². The van der Waals surface area contributed by atoms with Gasteiger partial charge in [0, 0.05) is 6.04 Å². The molecule has 0 heterocycles. The van der Waals surface area contributed by atoms with Crippen LogP contribution in [-0.4, -0.2) is 6.04 Å². The minimum atomic E-state index is 0.388. The monoisotopic (exact) mass is 223 g/mol. The number of benzene rings is 1. The zero-order valence-electron chi connectivity index (χ0n) is 9.39. The highest BCUT2D eigenvalue weighted by atomic mass is 35.5. The van der Waals surface area contributed by atoms with Crippen LogP contribution in [0.15, 0.2) is 24.3 Å². The molecule has 1 aromatic rings. The lowest BCUT2D eigenvalue weighted by molar-refractivity contribution is 0.350. The molecule has 1 atom stereocenters. The molecule has 1 aliphatic rings. The van der Waals surface area contributed by atoms with Gasteiger partial charge in [0.25, 0.3) is 0 Å². The van der Waals surface area contributed by atoms with Crippen molar-refractivity contribution < 1.29 is 0 Å². The smallest absolute Gasteiger partial charge is 0.0637 e. The molecular formula is C13H18ClN. The first-order valence-electron chi connectivity index (χ1n) is 5.61. The third-order valence-electron chi connectivity index (χ3n) is 3.46. The van der Waals surface area contributed by atoms with Crippen molar-refractivity contribution in [3.63, 3.8) is 0 Å². The van der Waals surface area contributed by atoms with Crippen LogP contribution in [0.2, 0.25) is 5.02 Å². The maximum Gasteiger partial charge on any atom is 0.0637 e. The minimum Gasteiger partial charge on any atom is -0.381 e. The summed E-state index contributed by atoms with van der Waals surface area (Å²) in [7, 11) is 0. The first kappa shape index (κ1) is 10.8. The van der Waals surface area contributed by atoms with Crippen LogP contribution in [0.1, 0.15) is 33.1 Å². The van der Waals surface area contributed by atoms with E-state index in [-0.39, 0.29) is 0 Å². The third kappa shape index (κ3) is 2.28. The average Bonchev–Trinajstić information content (AvgIpc) is 2.50. The van der Waals surface area contributed by atoms with Gasteiger partial charge in [-0.05, 0) is 30.4 Å². The highest BCUT2D eigenvalue weighted by Gasteiger charge is 2.34. The summed E-state index contributed by atoms with van der Waals surface area (Å²) in [6, 6.07) is 8.53. The van der Waals surface area contributed by atoms with Crippen molar-refractivity contribution >= 4 is 17.3 Å². The van der Waals surface area contributed by atoms with Gasteiger partial charge in [0.15, 0.2) is 0 Å². The van der Waals surface area contributed by atoms with E-state index in [1.807, 2.05) is 18.2 Å². The SMILES string of the molecule is CC1(C)CCCC1Nc1ccccc1Cl. The van der Waals surface area contributed by atoms with Crippen molar-refractivity contribution in [2.75, 3.05) is 5.32 Å². The molecule has 2 rings (SSSR count). The Morgan fingerprint density at radius 3 is 2.67 bits per heavy atom. The molecule has 1 aromatic carbocycles. The van der Waals surface area contributed by atoms with E-state index in [2.05, 4.69) is 25.2 Å². The average molecular weight is 224 g/mol. The fraction of sp³-hybridized carbons (Fsp3) is 0.538. The molecule has 0 spiro atoms. The van der Waals surface area contributed by atoms with E-state index in [4.69, 9.17) is 11.6 Å². The number of rotatable bonds is 2. The molecule has 1 nitrogen and oxygen atoms in total.